The second kappa shape index (κ2) is 5.37. The van der Waals surface area contributed by atoms with Crippen LogP contribution >= 0.6 is 15.9 Å². The van der Waals surface area contributed by atoms with Crippen molar-refractivity contribution in [3.8, 4) is 0 Å². The summed E-state index contributed by atoms with van der Waals surface area (Å²) in [5.74, 6) is 0. The molecule has 0 aliphatic carbocycles. The second-order valence-electron chi connectivity index (χ2n) is 5.17. The Balaban J connectivity index is 2.13. The zero-order valence-electron chi connectivity index (χ0n) is 11.9. The van der Waals surface area contributed by atoms with E-state index in [4.69, 9.17) is 5.73 Å². The summed E-state index contributed by atoms with van der Waals surface area (Å²) in [6, 6.07) is 14.0. The van der Waals surface area contributed by atoms with Crippen molar-refractivity contribution in [2.45, 2.75) is 13.8 Å². The molecule has 0 radical (unpaired) electrons. The molecule has 2 aromatic carbocycles. The number of aryl methyl sites for hydroxylation is 2. The molecule has 106 valence electrons. The Morgan fingerprint density at radius 2 is 1.81 bits per heavy atom. The fraction of sp³-hybridized carbons (Fsp3) is 0.118. The SMILES string of the molecule is Cc1cc(Nc2ccc(Br)cc2C)c2cc(N)ccc2n1. The standard InChI is InChI=1S/C17H16BrN3/c1-10-7-12(18)3-5-15(10)21-17-8-11(2)20-16-6-4-13(19)9-14(16)17/h3-9H,19H2,1-2H3,(H,20,21). The van der Waals surface area contributed by atoms with Crippen LogP contribution in [-0.4, -0.2) is 4.98 Å². The second-order valence-corrected chi connectivity index (χ2v) is 6.09. The number of nitrogens with zero attached hydrogens (tertiary/aromatic N) is 1. The molecular weight excluding hydrogens is 326 g/mol. The number of hydrogen-bond donors (Lipinski definition) is 2. The van der Waals surface area contributed by atoms with Crippen molar-refractivity contribution >= 4 is 43.9 Å². The van der Waals surface area contributed by atoms with Crippen LogP contribution in [0.15, 0.2) is 46.9 Å². The molecule has 0 aliphatic rings. The Morgan fingerprint density at radius 1 is 1.00 bits per heavy atom. The van der Waals surface area contributed by atoms with Crippen LogP contribution < -0.4 is 11.1 Å². The molecule has 0 spiro atoms. The van der Waals surface area contributed by atoms with Crippen LogP contribution in [0.4, 0.5) is 17.1 Å². The highest BCUT2D eigenvalue weighted by Gasteiger charge is 2.07. The first-order valence-electron chi connectivity index (χ1n) is 6.73. The van der Waals surface area contributed by atoms with Crippen LogP contribution in [0.2, 0.25) is 0 Å². The molecule has 0 saturated heterocycles. The highest BCUT2D eigenvalue weighted by atomic mass is 79.9. The maximum absolute atomic E-state index is 5.91. The molecule has 4 heteroatoms. The van der Waals surface area contributed by atoms with E-state index in [1.54, 1.807) is 0 Å². The predicted molar refractivity (Wildman–Crippen MR) is 93.1 cm³/mol. The Labute approximate surface area is 132 Å². The van der Waals surface area contributed by atoms with E-state index in [1.165, 1.54) is 5.56 Å². The Hall–Kier alpha value is -2.07. The van der Waals surface area contributed by atoms with Crippen LogP contribution in [0.3, 0.4) is 0 Å². The highest BCUT2D eigenvalue weighted by Crippen LogP contribution is 2.30. The van der Waals surface area contributed by atoms with Crippen LogP contribution in [0.5, 0.6) is 0 Å². The van der Waals surface area contributed by atoms with Crippen LogP contribution in [0.25, 0.3) is 10.9 Å². The van der Waals surface area contributed by atoms with E-state index in [9.17, 15) is 0 Å². The van der Waals surface area contributed by atoms with E-state index in [2.05, 4.69) is 45.3 Å². The summed E-state index contributed by atoms with van der Waals surface area (Å²) in [5, 5.41) is 4.52. The zero-order chi connectivity index (χ0) is 15.0. The first kappa shape index (κ1) is 13.9. The monoisotopic (exact) mass is 341 g/mol. The number of nitrogen functional groups attached to an aromatic ring is 1. The maximum Gasteiger partial charge on any atom is 0.0727 e. The number of halogens is 1. The number of fused-ring (bicyclic) bond motifs is 1. The maximum atomic E-state index is 5.91. The lowest BCUT2D eigenvalue weighted by atomic mass is 10.1. The van der Waals surface area contributed by atoms with E-state index >= 15 is 0 Å². The van der Waals surface area contributed by atoms with E-state index in [-0.39, 0.29) is 0 Å². The Morgan fingerprint density at radius 3 is 2.57 bits per heavy atom. The van der Waals surface area contributed by atoms with Gasteiger partial charge in [-0.2, -0.15) is 0 Å². The molecule has 0 amide bonds. The lowest BCUT2D eigenvalue weighted by Crippen LogP contribution is -1.97. The van der Waals surface area contributed by atoms with E-state index < -0.39 is 0 Å². The molecule has 0 fully saturated rings. The fourth-order valence-electron chi connectivity index (χ4n) is 2.39. The van der Waals surface area contributed by atoms with Gasteiger partial charge in [0.25, 0.3) is 0 Å². The molecule has 3 rings (SSSR count). The number of aromatic nitrogens is 1. The van der Waals surface area contributed by atoms with Crippen molar-refractivity contribution in [2.75, 3.05) is 11.1 Å². The number of benzene rings is 2. The topological polar surface area (TPSA) is 50.9 Å². The van der Waals surface area contributed by atoms with Crippen LogP contribution in [-0.2, 0) is 0 Å². The van der Waals surface area contributed by atoms with Gasteiger partial charge < -0.3 is 11.1 Å². The largest absolute Gasteiger partial charge is 0.399 e. The number of hydrogen-bond acceptors (Lipinski definition) is 3. The summed E-state index contributed by atoms with van der Waals surface area (Å²) >= 11 is 3.49. The molecule has 1 heterocycles. The van der Waals surface area contributed by atoms with Gasteiger partial charge in [-0.3, -0.25) is 4.98 Å². The van der Waals surface area contributed by atoms with Gasteiger partial charge in [0.15, 0.2) is 0 Å². The molecule has 21 heavy (non-hydrogen) atoms. The normalized spacial score (nSPS) is 10.8. The molecule has 0 bridgehead atoms. The van der Waals surface area contributed by atoms with Gasteiger partial charge in [0, 0.05) is 32.6 Å². The first-order valence-corrected chi connectivity index (χ1v) is 7.52. The van der Waals surface area contributed by atoms with Crippen molar-refractivity contribution in [2.24, 2.45) is 0 Å². The third-order valence-electron chi connectivity index (χ3n) is 3.42. The average molecular weight is 342 g/mol. The van der Waals surface area contributed by atoms with Gasteiger partial charge in [0.05, 0.1) is 5.52 Å². The summed E-state index contributed by atoms with van der Waals surface area (Å²) in [5.41, 5.74) is 11.9. The fourth-order valence-corrected chi connectivity index (χ4v) is 2.87. The summed E-state index contributed by atoms with van der Waals surface area (Å²) in [6.07, 6.45) is 0. The number of nitrogens with two attached hydrogens (primary N) is 1. The molecule has 1 aromatic heterocycles. The van der Waals surface area contributed by atoms with Gasteiger partial charge in [-0.15, -0.1) is 0 Å². The minimum Gasteiger partial charge on any atom is -0.399 e. The summed E-state index contributed by atoms with van der Waals surface area (Å²) in [7, 11) is 0. The van der Waals surface area contributed by atoms with E-state index in [0.29, 0.717) is 0 Å². The van der Waals surface area contributed by atoms with Gasteiger partial charge >= 0.3 is 0 Å². The minimum absolute atomic E-state index is 0.740. The van der Waals surface area contributed by atoms with Crippen LogP contribution in [0, 0.1) is 13.8 Å². The number of anilines is 3. The number of pyridine rings is 1. The van der Waals surface area contributed by atoms with Gasteiger partial charge in [0.1, 0.15) is 0 Å². The van der Waals surface area contributed by atoms with Crippen molar-refractivity contribution < 1.29 is 0 Å². The smallest absolute Gasteiger partial charge is 0.0727 e. The van der Waals surface area contributed by atoms with E-state index in [1.807, 2.05) is 37.3 Å². The van der Waals surface area contributed by atoms with Crippen LogP contribution in [0.1, 0.15) is 11.3 Å². The summed E-state index contributed by atoms with van der Waals surface area (Å²) in [6.45, 7) is 4.08. The summed E-state index contributed by atoms with van der Waals surface area (Å²) in [4.78, 5) is 4.55. The van der Waals surface area contributed by atoms with Gasteiger partial charge in [0.2, 0.25) is 0 Å². The molecule has 3 N–H and O–H groups in total. The highest BCUT2D eigenvalue weighted by molar-refractivity contribution is 9.10. The predicted octanol–water partition coefficient (Wildman–Crippen LogP) is 4.94. The van der Waals surface area contributed by atoms with E-state index in [0.717, 1.165) is 38.1 Å². The molecule has 3 aromatic rings. The molecule has 0 saturated carbocycles. The molecule has 0 atom stereocenters. The molecule has 0 unspecified atom stereocenters. The Bertz CT molecular complexity index is 828. The third-order valence-corrected chi connectivity index (χ3v) is 3.91. The number of rotatable bonds is 2. The Kier molecular flexibility index (Phi) is 3.55. The molecular formula is C17H16BrN3. The minimum atomic E-state index is 0.740. The van der Waals surface area contributed by atoms with Crippen molar-refractivity contribution in [1.82, 2.24) is 4.98 Å². The van der Waals surface area contributed by atoms with Crippen molar-refractivity contribution in [1.29, 1.82) is 0 Å². The van der Waals surface area contributed by atoms with Gasteiger partial charge in [-0.25, -0.2) is 0 Å². The van der Waals surface area contributed by atoms with Gasteiger partial charge in [-0.1, -0.05) is 15.9 Å². The number of nitrogens with one attached hydrogen (secondary N) is 1. The van der Waals surface area contributed by atoms with Crippen molar-refractivity contribution in [3.05, 3.63) is 58.2 Å². The molecule has 0 aliphatic heterocycles. The average Bonchev–Trinajstić information content (AvgIpc) is 2.42. The first-order chi connectivity index (χ1) is 10.0. The summed E-state index contributed by atoms with van der Waals surface area (Å²) < 4.78 is 1.07. The lowest BCUT2D eigenvalue weighted by Gasteiger charge is -2.13. The lowest BCUT2D eigenvalue weighted by molar-refractivity contribution is 1.25. The van der Waals surface area contributed by atoms with Crippen molar-refractivity contribution in [3.63, 3.8) is 0 Å². The molecule has 3 nitrogen and oxygen atoms in total. The quantitative estimate of drug-likeness (QED) is 0.649. The third kappa shape index (κ3) is 2.85. The zero-order valence-corrected chi connectivity index (χ0v) is 13.5. The van der Waals surface area contributed by atoms with Gasteiger partial charge in [-0.05, 0) is 61.9 Å².